The normalized spacial score (nSPS) is 10.5. The molecule has 17 heavy (non-hydrogen) atoms. The zero-order chi connectivity index (χ0) is 12.4. The molecule has 5 nitrogen and oxygen atoms in total. The number of methoxy groups -OCH3 is 1. The Balaban J connectivity index is 2.36. The van der Waals surface area contributed by atoms with E-state index in [1.165, 1.54) is 4.57 Å². The van der Waals surface area contributed by atoms with E-state index < -0.39 is 0 Å². The second-order valence-corrected chi connectivity index (χ2v) is 3.89. The van der Waals surface area contributed by atoms with Crippen LogP contribution in [0.25, 0.3) is 0 Å². The first-order chi connectivity index (χ1) is 8.11. The van der Waals surface area contributed by atoms with Gasteiger partial charge in [0.2, 0.25) is 0 Å². The fraction of sp³-hybridized carbons (Fsp3) is 0.250. The minimum absolute atomic E-state index is 0.0520. The van der Waals surface area contributed by atoms with Gasteiger partial charge in [-0.25, -0.2) is 4.79 Å². The molecule has 0 aliphatic rings. The van der Waals surface area contributed by atoms with Crippen molar-refractivity contribution in [2.45, 2.75) is 6.54 Å². The summed E-state index contributed by atoms with van der Waals surface area (Å²) < 4.78 is 8.39. The van der Waals surface area contributed by atoms with Crippen molar-refractivity contribution in [3.05, 3.63) is 46.6 Å². The lowest BCUT2D eigenvalue weighted by Crippen LogP contribution is -2.22. The first-order valence-corrected chi connectivity index (χ1v) is 5.26. The van der Waals surface area contributed by atoms with Crippen LogP contribution >= 0.6 is 0 Å². The molecule has 0 atom stereocenters. The lowest BCUT2D eigenvalue weighted by atomic mass is 10.2. The maximum atomic E-state index is 11.7. The summed E-state index contributed by atoms with van der Waals surface area (Å²) in [6.07, 6.45) is 3.48. The summed E-state index contributed by atoms with van der Waals surface area (Å²) >= 11 is 0. The molecular formula is C12H15N3O2. The third kappa shape index (κ3) is 2.18. The van der Waals surface area contributed by atoms with E-state index in [0.29, 0.717) is 18.0 Å². The second-order valence-electron chi connectivity index (χ2n) is 3.89. The maximum absolute atomic E-state index is 11.7. The number of hydrogen-bond donors (Lipinski definition) is 1. The molecule has 1 heterocycles. The summed E-state index contributed by atoms with van der Waals surface area (Å²) in [5, 5.41) is 0. The number of benzene rings is 1. The number of hydrogen-bond acceptors (Lipinski definition) is 3. The van der Waals surface area contributed by atoms with Crippen LogP contribution in [0.1, 0.15) is 5.56 Å². The number of nitrogen functional groups attached to an aromatic ring is 1. The third-order valence-electron chi connectivity index (χ3n) is 2.67. The van der Waals surface area contributed by atoms with Gasteiger partial charge in [-0.1, -0.05) is 6.07 Å². The molecule has 5 heteroatoms. The molecular weight excluding hydrogens is 218 g/mol. The van der Waals surface area contributed by atoms with Gasteiger partial charge in [0.25, 0.3) is 0 Å². The molecule has 0 bridgehead atoms. The molecule has 0 aliphatic carbocycles. The predicted octanol–water partition coefficient (Wildman–Crippen LogP) is 0.826. The Labute approximate surface area is 99.0 Å². The van der Waals surface area contributed by atoms with E-state index in [9.17, 15) is 4.79 Å². The second kappa shape index (κ2) is 4.37. The van der Waals surface area contributed by atoms with Crippen molar-refractivity contribution in [2.24, 2.45) is 7.05 Å². The molecule has 1 aromatic carbocycles. The van der Waals surface area contributed by atoms with Gasteiger partial charge in [0.1, 0.15) is 5.75 Å². The fourth-order valence-electron chi connectivity index (χ4n) is 1.71. The quantitative estimate of drug-likeness (QED) is 0.798. The van der Waals surface area contributed by atoms with Crippen LogP contribution in [-0.2, 0) is 13.6 Å². The number of ether oxygens (including phenoxy) is 1. The van der Waals surface area contributed by atoms with Crippen LogP contribution in [-0.4, -0.2) is 16.2 Å². The summed E-state index contributed by atoms with van der Waals surface area (Å²) in [6.45, 7) is 0.475. The van der Waals surface area contributed by atoms with Crippen LogP contribution in [0.2, 0.25) is 0 Å². The number of rotatable bonds is 3. The van der Waals surface area contributed by atoms with Crippen LogP contribution in [0.4, 0.5) is 5.69 Å². The average Bonchev–Trinajstić information content (AvgIpc) is 2.63. The highest BCUT2D eigenvalue weighted by atomic mass is 16.5. The van der Waals surface area contributed by atoms with Gasteiger partial charge < -0.3 is 15.0 Å². The Hall–Kier alpha value is -2.17. The van der Waals surface area contributed by atoms with Gasteiger partial charge >= 0.3 is 5.69 Å². The van der Waals surface area contributed by atoms with Crippen LogP contribution in [0.3, 0.4) is 0 Å². The average molecular weight is 233 g/mol. The number of anilines is 1. The molecule has 0 amide bonds. The largest absolute Gasteiger partial charge is 0.496 e. The molecule has 2 N–H and O–H groups in total. The summed E-state index contributed by atoms with van der Waals surface area (Å²) in [7, 11) is 3.31. The van der Waals surface area contributed by atoms with Gasteiger partial charge in [-0.15, -0.1) is 0 Å². The fourth-order valence-corrected chi connectivity index (χ4v) is 1.71. The van der Waals surface area contributed by atoms with Gasteiger partial charge in [-0.2, -0.15) is 0 Å². The van der Waals surface area contributed by atoms with Crippen LogP contribution in [0.15, 0.2) is 35.4 Å². The summed E-state index contributed by atoms with van der Waals surface area (Å²) in [5.41, 5.74) is 7.20. The highest BCUT2D eigenvalue weighted by Gasteiger charge is 2.06. The Morgan fingerprint density at radius 2 is 2.12 bits per heavy atom. The SMILES string of the molecule is COc1cc(N)ccc1Cn1ccn(C)c1=O. The molecule has 90 valence electrons. The Kier molecular flexibility index (Phi) is 2.91. The van der Waals surface area contributed by atoms with Crippen molar-refractivity contribution in [2.75, 3.05) is 12.8 Å². The first kappa shape index (κ1) is 11.3. The van der Waals surface area contributed by atoms with E-state index in [0.717, 1.165) is 5.56 Å². The van der Waals surface area contributed by atoms with Crippen molar-refractivity contribution in [1.82, 2.24) is 9.13 Å². The van der Waals surface area contributed by atoms with E-state index in [1.54, 1.807) is 43.3 Å². The van der Waals surface area contributed by atoms with E-state index >= 15 is 0 Å². The van der Waals surface area contributed by atoms with Gasteiger partial charge in [-0.05, 0) is 6.07 Å². The molecule has 0 aliphatic heterocycles. The minimum atomic E-state index is -0.0520. The monoisotopic (exact) mass is 233 g/mol. The predicted molar refractivity (Wildman–Crippen MR) is 66.2 cm³/mol. The third-order valence-corrected chi connectivity index (χ3v) is 2.67. The molecule has 0 saturated carbocycles. The van der Waals surface area contributed by atoms with E-state index in [1.807, 2.05) is 6.07 Å². The number of aromatic nitrogens is 2. The lowest BCUT2D eigenvalue weighted by molar-refractivity contribution is 0.408. The van der Waals surface area contributed by atoms with Crippen LogP contribution in [0, 0.1) is 0 Å². The molecule has 0 saturated heterocycles. The Bertz CT molecular complexity index is 584. The zero-order valence-electron chi connectivity index (χ0n) is 9.88. The van der Waals surface area contributed by atoms with E-state index in [2.05, 4.69) is 0 Å². The Morgan fingerprint density at radius 1 is 1.35 bits per heavy atom. The van der Waals surface area contributed by atoms with Gasteiger partial charge in [0.15, 0.2) is 0 Å². The molecule has 0 fully saturated rings. The number of imidazole rings is 1. The van der Waals surface area contributed by atoms with Crippen molar-refractivity contribution in [3.8, 4) is 5.75 Å². The van der Waals surface area contributed by atoms with Crippen molar-refractivity contribution >= 4 is 5.69 Å². The summed E-state index contributed by atoms with van der Waals surface area (Å²) in [6, 6.07) is 5.42. The summed E-state index contributed by atoms with van der Waals surface area (Å²) in [4.78, 5) is 11.7. The van der Waals surface area contributed by atoms with Crippen molar-refractivity contribution in [1.29, 1.82) is 0 Å². The smallest absolute Gasteiger partial charge is 0.328 e. The van der Waals surface area contributed by atoms with Crippen molar-refractivity contribution in [3.63, 3.8) is 0 Å². The van der Waals surface area contributed by atoms with Gasteiger partial charge in [-0.3, -0.25) is 4.57 Å². The highest BCUT2D eigenvalue weighted by Crippen LogP contribution is 2.21. The van der Waals surface area contributed by atoms with E-state index in [4.69, 9.17) is 10.5 Å². The Morgan fingerprint density at radius 3 is 2.71 bits per heavy atom. The van der Waals surface area contributed by atoms with E-state index in [-0.39, 0.29) is 5.69 Å². The number of aryl methyl sites for hydroxylation is 1. The zero-order valence-corrected chi connectivity index (χ0v) is 9.88. The van der Waals surface area contributed by atoms with Crippen molar-refractivity contribution < 1.29 is 4.74 Å². The molecule has 1 aromatic heterocycles. The molecule has 2 rings (SSSR count). The maximum Gasteiger partial charge on any atom is 0.328 e. The number of nitrogens with two attached hydrogens (primary N) is 1. The van der Waals surface area contributed by atoms with Gasteiger partial charge in [0, 0.05) is 36.8 Å². The van der Waals surface area contributed by atoms with Crippen LogP contribution in [0.5, 0.6) is 5.75 Å². The molecule has 0 unspecified atom stereocenters. The first-order valence-electron chi connectivity index (χ1n) is 5.26. The highest BCUT2D eigenvalue weighted by molar-refractivity contribution is 5.48. The number of nitrogens with zero attached hydrogens (tertiary/aromatic N) is 2. The molecule has 0 radical (unpaired) electrons. The standard InChI is InChI=1S/C12H15N3O2/c1-14-5-6-15(12(14)16)8-9-3-4-10(13)7-11(9)17-2/h3-7H,8,13H2,1-2H3. The topological polar surface area (TPSA) is 62.2 Å². The lowest BCUT2D eigenvalue weighted by Gasteiger charge is -2.09. The minimum Gasteiger partial charge on any atom is -0.496 e. The van der Waals surface area contributed by atoms with Crippen LogP contribution < -0.4 is 16.2 Å². The molecule has 2 aromatic rings. The van der Waals surface area contributed by atoms with Gasteiger partial charge in [0.05, 0.1) is 13.7 Å². The summed E-state index contributed by atoms with van der Waals surface area (Å²) in [5.74, 6) is 0.695. The molecule has 0 spiro atoms.